The van der Waals surface area contributed by atoms with Crippen LogP contribution in [-0.2, 0) is 10.0 Å². The maximum absolute atomic E-state index is 11.5. The molecule has 0 aromatic heterocycles. The molecule has 0 radical (unpaired) electrons. The summed E-state index contributed by atoms with van der Waals surface area (Å²) >= 11 is 0. The number of hydrogen-bond donors (Lipinski definition) is 1. The largest absolute Gasteiger partial charge is 0.370 e. The lowest BCUT2D eigenvalue weighted by Crippen LogP contribution is -2.43. The summed E-state index contributed by atoms with van der Waals surface area (Å²) < 4.78 is 24.3. The maximum Gasteiger partial charge on any atom is 0.215 e. The van der Waals surface area contributed by atoms with Gasteiger partial charge in [0.05, 0.1) is 12.3 Å². The van der Waals surface area contributed by atoms with Crippen LogP contribution in [0, 0.1) is 5.92 Å². The van der Waals surface area contributed by atoms with Crippen LogP contribution >= 0.6 is 24.0 Å². The topological polar surface area (TPSA) is 79.0 Å². The average Bonchev–Trinajstić information content (AvgIpc) is 2.28. The Hall–Kier alpha value is -0.0900. The number of rotatable bonds is 4. The van der Waals surface area contributed by atoms with Crippen molar-refractivity contribution in [2.75, 3.05) is 39.5 Å². The number of likely N-dealkylation sites (tertiary alicyclic amines) is 1. The quantitative estimate of drug-likeness (QED) is 0.422. The van der Waals surface area contributed by atoms with E-state index in [1.807, 2.05) is 4.90 Å². The van der Waals surface area contributed by atoms with Crippen LogP contribution in [0.15, 0.2) is 4.99 Å². The average molecular weight is 404 g/mol. The van der Waals surface area contributed by atoms with Gasteiger partial charge in [-0.15, -0.1) is 24.0 Å². The predicted octanol–water partition coefficient (Wildman–Crippen LogP) is 0.542. The van der Waals surface area contributed by atoms with Gasteiger partial charge >= 0.3 is 0 Å². The number of sulfonamides is 1. The van der Waals surface area contributed by atoms with Crippen LogP contribution in [0.1, 0.15) is 19.8 Å². The molecule has 8 heteroatoms. The van der Waals surface area contributed by atoms with Crippen LogP contribution < -0.4 is 5.73 Å². The highest BCUT2D eigenvalue weighted by Gasteiger charge is 2.18. The van der Waals surface area contributed by atoms with Crippen molar-refractivity contribution in [2.45, 2.75) is 19.8 Å². The van der Waals surface area contributed by atoms with Gasteiger partial charge in [-0.25, -0.2) is 12.7 Å². The van der Waals surface area contributed by atoms with Gasteiger partial charge in [-0.2, -0.15) is 0 Å². The fraction of sp³-hybridized carbons (Fsp3) is 0.909. The molecule has 1 rings (SSSR count). The fourth-order valence-electron chi connectivity index (χ4n) is 1.96. The number of nitrogens with zero attached hydrogens (tertiary/aromatic N) is 3. The van der Waals surface area contributed by atoms with Gasteiger partial charge in [-0.1, -0.05) is 6.92 Å². The number of aliphatic imine (C=N–C) groups is 1. The summed E-state index contributed by atoms with van der Waals surface area (Å²) in [5.74, 6) is 1.10. The lowest BCUT2D eigenvalue weighted by atomic mass is 10.0. The van der Waals surface area contributed by atoms with E-state index < -0.39 is 10.0 Å². The SMILES string of the molecule is CC1CCCN(C(N)=NCCS(=O)(=O)N(C)C)C1.I. The third-order valence-electron chi connectivity index (χ3n) is 3.16. The molecule has 1 heterocycles. The molecular formula is C11H25IN4O2S. The van der Waals surface area contributed by atoms with Crippen LogP contribution in [-0.4, -0.2) is 63.1 Å². The highest BCUT2D eigenvalue weighted by atomic mass is 127. The molecule has 1 saturated heterocycles. The van der Waals surface area contributed by atoms with Crippen molar-refractivity contribution in [2.24, 2.45) is 16.6 Å². The van der Waals surface area contributed by atoms with Gasteiger partial charge in [0.15, 0.2) is 5.96 Å². The minimum atomic E-state index is -3.18. The monoisotopic (exact) mass is 404 g/mol. The van der Waals surface area contributed by atoms with Crippen LogP contribution in [0.25, 0.3) is 0 Å². The molecule has 0 spiro atoms. The maximum atomic E-state index is 11.5. The van der Waals surface area contributed by atoms with Crippen molar-refractivity contribution >= 4 is 40.0 Å². The third kappa shape index (κ3) is 6.26. The molecule has 0 aliphatic carbocycles. The second kappa shape index (κ2) is 8.25. The zero-order chi connectivity index (χ0) is 13.8. The van der Waals surface area contributed by atoms with Crippen LogP contribution in [0.4, 0.5) is 0 Å². The van der Waals surface area contributed by atoms with E-state index in [9.17, 15) is 8.42 Å². The standard InChI is InChI=1S/C11H24N4O2S.HI/c1-10-5-4-7-15(9-10)11(12)13-6-8-18(16,17)14(2)3;/h10H,4-9H2,1-3H3,(H2,12,13);1H. The molecule has 2 N–H and O–H groups in total. The number of nitrogens with two attached hydrogens (primary N) is 1. The number of piperidine rings is 1. The second-order valence-electron chi connectivity index (χ2n) is 5.03. The van der Waals surface area contributed by atoms with E-state index in [2.05, 4.69) is 11.9 Å². The molecule has 1 aliphatic heterocycles. The first-order chi connectivity index (χ1) is 8.33. The minimum absolute atomic E-state index is 0. The smallest absolute Gasteiger partial charge is 0.215 e. The summed E-state index contributed by atoms with van der Waals surface area (Å²) in [5.41, 5.74) is 5.88. The third-order valence-corrected chi connectivity index (χ3v) is 4.97. The Bertz CT molecular complexity index is 397. The molecule has 6 nitrogen and oxygen atoms in total. The van der Waals surface area contributed by atoms with E-state index in [0.717, 1.165) is 19.5 Å². The van der Waals surface area contributed by atoms with Gasteiger partial charge in [0, 0.05) is 27.2 Å². The van der Waals surface area contributed by atoms with Gasteiger partial charge in [0.1, 0.15) is 0 Å². The van der Waals surface area contributed by atoms with Crippen molar-refractivity contribution in [1.82, 2.24) is 9.21 Å². The Morgan fingerprint density at radius 1 is 1.47 bits per heavy atom. The van der Waals surface area contributed by atoms with Gasteiger partial charge < -0.3 is 10.6 Å². The van der Waals surface area contributed by atoms with Crippen LogP contribution in [0.2, 0.25) is 0 Å². The Morgan fingerprint density at radius 3 is 2.63 bits per heavy atom. The lowest BCUT2D eigenvalue weighted by Gasteiger charge is -2.31. The normalized spacial score (nSPS) is 21.4. The van der Waals surface area contributed by atoms with Crippen molar-refractivity contribution in [3.63, 3.8) is 0 Å². The summed E-state index contributed by atoms with van der Waals surface area (Å²) in [5, 5.41) is 0. The van der Waals surface area contributed by atoms with E-state index >= 15 is 0 Å². The van der Waals surface area contributed by atoms with Gasteiger partial charge in [0.2, 0.25) is 10.0 Å². The molecule has 0 aromatic carbocycles. The van der Waals surface area contributed by atoms with Gasteiger partial charge in [0.25, 0.3) is 0 Å². The van der Waals surface area contributed by atoms with Crippen molar-refractivity contribution in [1.29, 1.82) is 0 Å². The lowest BCUT2D eigenvalue weighted by molar-refractivity contribution is 0.270. The zero-order valence-corrected chi connectivity index (χ0v) is 15.0. The summed E-state index contributed by atoms with van der Waals surface area (Å²) in [6.07, 6.45) is 2.34. The molecule has 1 unspecified atom stereocenters. The number of hydrogen-bond acceptors (Lipinski definition) is 3. The minimum Gasteiger partial charge on any atom is -0.370 e. The first kappa shape index (κ1) is 18.9. The predicted molar refractivity (Wildman–Crippen MR) is 89.3 cm³/mol. The first-order valence-electron chi connectivity index (χ1n) is 6.28. The molecule has 0 aromatic rings. The molecular weight excluding hydrogens is 379 g/mol. The van der Waals surface area contributed by atoms with Gasteiger partial charge in [-0.3, -0.25) is 4.99 Å². The van der Waals surface area contributed by atoms with Crippen molar-refractivity contribution in [3.05, 3.63) is 0 Å². The zero-order valence-electron chi connectivity index (χ0n) is 11.9. The second-order valence-corrected chi connectivity index (χ2v) is 7.33. The van der Waals surface area contributed by atoms with Gasteiger partial charge in [-0.05, 0) is 18.8 Å². The van der Waals surface area contributed by atoms with Crippen molar-refractivity contribution < 1.29 is 8.42 Å². The Kier molecular flexibility index (Phi) is 8.21. The highest BCUT2D eigenvalue weighted by Crippen LogP contribution is 2.14. The summed E-state index contributed by atoms with van der Waals surface area (Å²) in [7, 11) is -0.138. The highest BCUT2D eigenvalue weighted by molar-refractivity contribution is 14.0. The summed E-state index contributed by atoms with van der Waals surface area (Å²) in [6.45, 7) is 4.24. The molecule has 1 fully saturated rings. The van der Waals surface area contributed by atoms with E-state index in [1.54, 1.807) is 0 Å². The van der Waals surface area contributed by atoms with Crippen molar-refractivity contribution in [3.8, 4) is 0 Å². The summed E-state index contributed by atoms with van der Waals surface area (Å²) in [4.78, 5) is 6.20. The Labute approximate surface area is 133 Å². The number of guanidine groups is 1. The molecule has 1 atom stereocenters. The molecule has 0 bridgehead atoms. The van der Waals surface area contributed by atoms with E-state index in [0.29, 0.717) is 11.9 Å². The molecule has 114 valence electrons. The van der Waals surface area contributed by atoms with E-state index in [-0.39, 0.29) is 36.3 Å². The Balaban J connectivity index is 0.00000324. The Morgan fingerprint density at radius 2 is 2.11 bits per heavy atom. The van der Waals surface area contributed by atoms with E-state index in [4.69, 9.17) is 5.73 Å². The van der Waals surface area contributed by atoms with Crippen LogP contribution in [0.5, 0.6) is 0 Å². The van der Waals surface area contributed by atoms with E-state index in [1.165, 1.54) is 24.8 Å². The molecule has 19 heavy (non-hydrogen) atoms. The van der Waals surface area contributed by atoms with Crippen LogP contribution in [0.3, 0.4) is 0 Å². The molecule has 0 amide bonds. The number of halogens is 1. The molecule has 0 saturated carbocycles. The molecule has 1 aliphatic rings. The summed E-state index contributed by atoms with van der Waals surface area (Å²) in [6, 6.07) is 0. The first-order valence-corrected chi connectivity index (χ1v) is 7.89. The fourth-order valence-corrected chi connectivity index (χ4v) is 2.64.